The van der Waals surface area contributed by atoms with Crippen LogP contribution in [0.4, 0.5) is 0 Å². The Morgan fingerprint density at radius 2 is 2.15 bits per heavy atom. The van der Waals surface area contributed by atoms with Crippen LogP contribution in [0.25, 0.3) is 0 Å². The van der Waals surface area contributed by atoms with Crippen molar-refractivity contribution in [3.05, 3.63) is 34.2 Å². The van der Waals surface area contributed by atoms with E-state index in [4.69, 9.17) is 0 Å². The van der Waals surface area contributed by atoms with Gasteiger partial charge in [0, 0.05) is 23.9 Å². The van der Waals surface area contributed by atoms with Crippen LogP contribution in [0.3, 0.4) is 0 Å². The first-order chi connectivity index (χ1) is 9.47. The molecule has 0 aromatic carbocycles. The minimum atomic E-state index is -0.241. The number of rotatable bonds is 3. The van der Waals surface area contributed by atoms with E-state index >= 15 is 0 Å². The molecule has 1 aliphatic rings. The molecule has 1 aromatic heterocycles. The highest BCUT2D eigenvalue weighted by molar-refractivity contribution is 5.94. The van der Waals surface area contributed by atoms with Crippen LogP contribution in [0.2, 0.25) is 0 Å². The lowest BCUT2D eigenvalue weighted by atomic mass is 9.74. The van der Waals surface area contributed by atoms with Gasteiger partial charge in [-0.1, -0.05) is 27.2 Å². The second kappa shape index (κ2) is 6.25. The summed E-state index contributed by atoms with van der Waals surface area (Å²) >= 11 is 0. The van der Waals surface area contributed by atoms with E-state index in [0.29, 0.717) is 23.3 Å². The molecular formula is C16H24N2O2. The van der Waals surface area contributed by atoms with Crippen molar-refractivity contribution in [3.8, 4) is 0 Å². The van der Waals surface area contributed by atoms with Crippen LogP contribution >= 0.6 is 0 Å². The summed E-state index contributed by atoms with van der Waals surface area (Å²) < 4.78 is 0. The van der Waals surface area contributed by atoms with E-state index in [9.17, 15) is 9.59 Å². The van der Waals surface area contributed by atoms with Gasteiger partial charge in [0.15, 0.2) is 0 Å². The second-order valence-corrected chi connectivity index (χ2v) is 6.35. The van der Waals surface area contributed by atoms with E-state index in [0.717, 1.165) is 6.42 Å². The third kappa shape index (κ3) is 3.50. The topological polar surface area (TPSA) is 62.0 Å². The molecule has 20 heavy (non-hydrogen) atoms. The zero-order chi connectivity index (χ0) is 14.7. The molecule has 0 aliphatic heterocycles. The summed E-state index contributed by atoms with van der Waals surface area (Å²) in [6, 6.07) is 3.21. The Hall–Kier alpha value is -1.58. The summed E-state index contributed by atoms with van der Waals surface area (Å²) in [5.74, 6) is 1.60. The van der Waals surface area contributed by atoms with Gasteiger partial charge in [0.25, 0.3) is 5.91 Å². The van der Waals surface area contributed by atoms with Gasteiger partial charge >= 0.3 is 0 Å². The van der Waals surface area contributed by atoms with Gasteiger partial charge in [-0.25, -0.2) is 0 Å². The molecule has 1 saturated carbocycles. The lowest BCUT2D eigenvalue weighted by Crippen LogP contribution is -2.45. The number of carbonyl (C=O) groups is 1. The minimum Gasteiger partial charge on any atom is -0.349 e. The maximum absolute atomic E-state index is 12.3. The lowest BCUT2D eigenvalue weighted by Gasteiger charge is -2.37. The molecule has 1 amide bonds. The highest BCUT2D eigenvalue weighted by Crippen LogP contribution is 2.33. The maximum atomic E-state index is 12.3. The van der Waals surface area contributed by atoms with Gasteiger partial charge in [0.05, 0.1) is 0 Å². The van der Waals surface area contributed by atoms with Gasteiger partial charge < -0.3 is 10.3 Å². The Balaban J connectivity index is 2.10. The van der Waals surface area contributed by atoms with Gasteiger partial charge in [0.1, 0.15) is 0 Å². The van der Waals surface area contributed by atoms with E-state index in [1.807, 2.05) is 0 Å². The fraction of sp³-hybridized carbons (Fsp3) is 0.625. The number of hydrogen-bond acceptors (Lipinski definition) is 2. The number of pyridine rings is 1. The zero-order valence-electron chi connectivity index (χ0n) is 12.5. The summed E-state index contributed by atoms with van der Waals surface area (Å²) in [7, 11) is 0. The Bertz CT molecular complexity index is 521. The standard InChI is InChI=1S/C16H24N2O2/c1-10(2)13-5-4-11(3)8-14(13)18-16(20)12-6-7-17-15(19)9-12/h6-7,9-11,13-14H,4-5,8H2,1-3H3,(H,17,19)(H,18,20). The van der Waals surface area contributed by atoms with Gasteiger partial charge in [-0.3, -0.25) is 9.59 Å². The first-order valence-corrected chi connectivity index (χ1v) is 7.47. The van der Waals surface area contributed by atoms with Crippen LogP contribution in [-0.2, 0) is 0 Å². The molecule has 0 radical (unpaired) electrons. The highest BCUT2D eigenvalue weighted by atomic mass is 16.2. The largest absolute Gasteiger partial charge is 0.349 e. The molecular weight excluding hydrogens is 252 g/mol. The first-order valence-electron chi connectivity index (χ1n) is 7.47. The zero-order valence-corrected chi connectivity index (χ0v) is 12.5. The van der Waals surface area contributed by atoms with E-state index in [2.05, 4.69) is 31.1 Å². The van der Waals surface area contributed by atoms with Crippen molar-refractivity contribution in [2.75, 3.05) is 0 Å². The third-order valence-corrected chi connectivity index (χ3v) is 4.38. The molecule has 4 nitrogen and oxygen atoms in total. The van der Waals surface area contributed by atoms with Crippen molar-refractivity contribution in [2.24, 2.45) is 17.8 Å². The summed E-state index contributed by atoms with van der Waals surface area (Å²) in [6.07, 6.45) is 4.94. The number of amides is 1. The van der Waals surface area contributed by atoms with Crippen LogP contribution in [0.5, 0.6) is 0 Å². The molecule has 0 spiro atoms. The normalized spacial score (nSPS) is 26.5. The van der Waals surface area contributed by atoms with Crippen molar-refractivity contribution < 1.29 is 4.79 Å². The number of aromatic nitrogens is 1. The third-order valence-electron chi connectivity index (χ3n) is 4.38. The number of nitrogens with one attached hydrogen (secondary N) is 2. The van der Waals surface area contributed by atoms with Crippen molar-refractivity contribution in [2.45, 2.75) is 46.1 Å². The van der Waals surface area contributed by atoms with Crippen LogP contribution in [0, 0.1) is 17.8 Å². The molecule has 1 heterocycles. The van der Waals surface area contributed by atoms with Crippen molar-refractivity contribution >= 4 is 5.91 Å². The second-order valence-electron chi connectivity index (χ2n) is 6.35. The van der Waals surface area contributed by atoms with Gasteiger partial charge in [0.2, 0.25) is 5.56 Å². The summed E-state index contributed by atoms with van der Waals surface area (Å²) in [5, 5.41) is 3.13. The van der Waals surface area contributed by atoms with Gasteiger partial charge in [-0.2, -0.15) is 0 Å². The lowest BCUT2D eigenvalue weighted by molar-refractivity contribution is 0.0867. The molecule has 110 valence electrons. The van der Waals surface area contributed by atoms with Crippen LogP contribution < -0.4 is 10.9 Å². The monoisotopic (exact) mass is 276 g/mol. The van der Waals surface area contributed by atoms with E-state index in [-0.39, 0.29) is 17.5 Å². The quantitative estimate of drug-likeness (QED) is 0.891. The van der Waals surface area contributed by atoms with Gasteiger partial charge in [-0.15, -0.1) is 0 Å². The smallest absolute Gasteiger partial charge is 0.251 e. The summed E-state index contributed by atoms with van der Waals surface area (Å²) in [6.45, 7) is 6.67. The Kier molecular flexibility index (Phi) is 4.63. The molecule has 0 bridgehead atoms. The molecule has 0 saturated heterocycles. The van der Waals surface area contributed by atoms with Crippen molar-refractivity contribution in [1.82, 2.24) is 10.3 Å². The van der Waals surface area contributed by atoms with E-state index < -0.39 is 0 Å². The number of carbonyl (C=O) groups excluding carboxylic acids is 1. The summed E-state index contributed by atoms with van der Waals surface area (Å²) in [4.78, 5) is 26.1. The average Bonchev–Trinajstić information content (AvgIpc) is 2.38. The van der Waals surface area contributed by atoms with Crippen LogP contribution in [0.1, 0.15) is 50.4 Å². The molecule has 1 aromatic rings. The predicted molar refractivity (Wildman–Crippen MR) is 79.7 cm³/mol. The molecule has 3 unspecified atom stereocenters. The summed E-state index contributed by atoms with van der Waals surface area (Å²) in [5.41, 5.74) is 0.199. The van der Waals surface area contributed by atoms with E-state index in [1.54, 1.807) is 6.07 Å². The average molecular weight is 276 g/mol. The highest BCUT2D eigenvalue weighted by Gasteiger charge is 2.31. The van der Waals surface area contributed by atoms with Crippen LogP contribution in [-0.4, -0.2) is 16.9 Å². The van der Waals surface area contributed by atoms with E-state index in [1.165, 1.54) is 25.1 Å². The fourth-order valence-electron chi connectivity index (χ4n) is 3.21. The van der Waals surface area contributed by atoms with Crippen molar-refractivity contribution in [3.63, 3.8) is 0 Å². The number of H-pyrrole nitrogens is 1. The molecule has 2 N–H and O–H groups in total. The first kappa shape index (κ1) is 14.8. The predicted octanol–water partition coefficient (Wildman–Crippen LogP) is 2.57. The van der Waals surface area contributed by atoms with Crippen molar-refractivity contribution in [1.29, 1.82) is 0 Å². The molecule has 3 atom stereocenters. The Labute approximate surface area is 120 Å². The minimum absolute atomic E-state index is 0.138. The fourth-order valence-corrected chi connectivity index (χ4v) is 3.21. The number of aromatic amines is 1. The maximum Gasteiger partial charge on any atom is 0.251 e. The molecule has 1 aliphatic carbocycles. The molecule has 2 rings (SSSR count). The SMILES string of the molecule is CC1CCC(C(C)C)C(NC(=O)c2cc[nH]c(=O)c2)C1. The Morgan fingerprint density at radius 3 is 2.80 bits per heavy atom. The molecule has 1 fully saturated rings. The van der Waals surface area contributed by atoms with Gasteiger partial charge in [-0.05, 0) is 36.7 Å². The Morgan fingerprint density at radius 1 is 1.40 bits per heavy atom. The molecule has 4 heteroatoms. The van der Waals surface area contributed by atoms with Crippen LogP contribution in [0.15, 0.2) is 23.1 Å². The number of hydrogen-bond donors (Lipinski definition) is 2.